The van der Waals surface area contributed by atoms with Crippen LogP contribution in [0.3, 0.4) is 0 Å². The molecule has 30 heavy (non-hydrogen) atoms. The molecule has 156 valence electrons. The van der Waals surface area contributed by atoms with Gasteiger partial charge in [-0.3, -0.25) is 9.36 Å². The molecule has 7 heteroatoms. The molecule has 1 aliphatic rings. The van der Waals surface area contributed by atoms with Crippen molar-refractivity contribution < 1.29 is 9.90 Å². The Balaban J connectivity index is 1.70. The highest BCUT2D eigenvalue weighted by molar-refractivity contribution is 7.99. The molecule has 0 unspecified atom stereocenters. The summed E-state index contributed by atoms with van der Waals surface area (Å²) in [4.78, 5) is 14.6. The van der Waals surface area contributed by atoms with Crippen molar-refractivity contribution in [2.45, 2.75) is 38.3 Å². The summed E-state index contributed by atoms with van der Waals surface area (Å²) in [6.07, 6.45) is 3.35. The second-order valence-corrected chi connectivity index (χ2v) is 8.62. The maximum Gasteiger partial charge on any atom is 0.233 e. The fourth-order valence-electron chi connectivity index (χ4n) is 3.83. The number of para-hydroxylation sites is 1. The van der Waals surface area contributed by atoms with Crippen LogP contribution in [-0.4, -0.2) is 49.5 Å². The predicted octanol–water partition coefficient (Wildman–Crippen LogP) is 4.36. The fourth-order valence-corrected chi connectivity index (χ4v) is 4.68. The van der Waals surface area contributed by atoms with E-state index in [1.54, 1.807) is 12.1 Å². The summed E-state index contributed by atoms with van der Waals surface area (Å²) in [5, 5.41) is 19.8. The van der Waals surface area contributed by atoms with E-state index >= 15 is 0 Å². The largest absolute Gasteiger partial charge is 0.507 e. The average Bonchev–Trinajstić information content (AvgIpc) is 3.16. The van der Waals surface area contributed by atoms with Crippen LogP contribution in [0.25, 0.3) is 17.1 Å². The maximum absolute atomic E-state index is 12.7. The van der Waals surface area contributed by atoms with Crippen molar-refractivity contribution in [2.75, 3.05) is 18.8 Å². The van der Waals surface area contributed by atoms with Crippen LogP contribution >= 0.6 is 11.8 Å². The third-order valence-corrected chi connectivity index (χ3v) is 6.32. The zero-order valence-corrected chi connectivity index (χ0v) is 18.2. The lowest BCUT2D eigenvalue weighted by Crippen LogP contribution is -2.36. The summed E-state index contributed by atoms with van der Waals surface area (Å²) >= 11 is 1.39. The minimum Gasteiger partial charge on any atom is -0.507 e. The molecular weight excluding hydrogens is 396 g/mol. The average molecular weight is 423 g/mol. The molecule has 0 radical (unpaired) electrons. The molecule has 3 aromatic rings. The smallest absolute Gasteiger partial charge is 0.233 e. The first-order chi connectivity index (χ1) is 14.5. The van der Waals surface area contributed by atoms with Gasteiger partial charge >= 0.3 is 0 Å². The number of aromatic nitrogens is 3. The van der Waals surface area contributed by atoms with Crippen LogP contribution in [0.2, 0.25) is 0 Å². The molecule has 0 saturated carbocycles. The van der Waals surface area contributed by atoms with Crippen molar-refractivity contribution in [3.8, 4) is 22.8 Å². The van der Waals surface area contributed by atoms with Crippen LogP contribution in [0, 0.1) is 13.8 Å². The standard InChI is InChI=1S/C23H26N4O2S/c1-16-10-11-19(17(2)14-16)27-22(18-8-4-5-9-20(18)28)24-25-23(27)30-15-21(29)26-12-6-3-7-13-26/h4-5,8-11,14,28H,3,6-7,12-13,15H2,1-2H3. The lowest BCUT2D eigenvalue weighted by atomic mass is 10.1. The van der Waals surface area contributed by atoms with E-state index in [2.05, 4.69) is 23.2 Å². The summed E-state index contributed by atoms with van der Waals surface area (Å²) < 4.78 is 1.94. The Morgan fingerprint density at radius 3 is 2.57 bits per heavy atom. The third kappa shape index (κ3) is 4.21. The minimum atomic E-state index is 0.138. The van der Waals surface area contributed by atoms with Crippen LogP contribution < -0.4 is 0 Å². The Labute approximate surface area is 180 Å². The Bertz CT molecular complexity index is 1060. The second kappa shape index (κ2) is 8.92. The van der Waals surface area contributed by atoms with Gasteiger partial charge in [-0.2, -0.15) is 0 Å². The molecule has 1 N–H and O–H groups in total. The number of hydrogen-bond acceptors (Lipinski definition) is 5. The molecule has 0 atom stereocenters. The van der Waals surface area contributed by atoms with Gasteiger partial charge in [-0.15, -0.1) is 10.2 Å². The molecule has 1 fully saturated rings. The number of rotatable bonds is 5. The first-order valence-electron chi connectivity index (χ1n) is 10.3. The van der Waals surface area contributed by atoms with Gasteiger partial charge in [0.2, 0.25) is 5.91 Å². The molecule has 1 aromatic heterocycles. The van der Waals surface area contributed by atoms with Crippen LogP contribution in [0.5, 0.6) is 5.75 Å². The zero-order valence-electron chi connectivity index (χ0n) is 17.3. The number of aromatic hydroxyl groups is 1. The van der Waals surface area contributed by atoms with E-state index in [9.17, 15) is 9.90 Å². The Morgan fingerprint density at radius 1 is 1.07 bits per heavy atom. The van der Waals surface area contributed by atoms with Crippen molar-refractivity contribution >= 4 is 17.7 Å². The lowest BCUT2D eigenvalue weighted by molar-refractivity contribution is -0.129. The van der Waals surface area contributed by atoms with E-state index in [1.165, 1.54) is 23.7 Å². The summed E-state index contributed by atoms with van der Waals surface area (Å²) in [6.45, 7) is 5.78. The number of carbonyl (C=O) groups is 1. The first-order valence-corrected chi connectivity index (χ1v) is 11.2. The SMILES string of the molecule is Cc1ccc(-n2c(SCC(=O)N3CCCCC3)nnc2-c2ccccc2O)c(C)c1. The number of benzene rings is 2. The van der Waals surface area contributed by atoms with Gasteiger partial charge in [0.05, 0.1) is 17.0 Å². The van der Waals surface area contributed by atoms with Gasteiger partial charge in [-0.25, -0.2) is 0 Å². The van der Waals surface area contributed by atoms with Crippen molar-refractivity contribution in [1.82, 2.24) is 19.7 Å². The van der Waals surface area contributed by atoms with E-state index in [-0.39, 0.29) is 11.7 Å². The lowest BCUT2D eigenvalue weighted by Gasteiger charge is -2.26. The van der Waals surface area contributed by atoms with Gasteiger partial charge in [0.25, 0.3) is 0 Å². The van der Waals surface area contributed by atoms with Gasteiger partial charge in [0, 0.05) is 13.1 Å². The van der Waals surface area contributed by atoms with Gasteiger partial charge < -0.3 is 10.0 Å². The van der Waals surface area contributed by atoms with E-state index < -0.39 is 0 Å². The first kappa shape index (κ1) is 20.5. The van der Waals surface area contributed by atoms with E-state index in [1.807, 2.05) is 40.7 Å². The molecule has 1 saturated heterocycles. The number of hydrogen-bond donors (Lipinski definition) is 1. The number of phenols is 1. The number of nitrogens with zero attached hydrogens (tertiary/aromatic N) is 4. The Hall–Kier alpha value is -2.80. The highest BCUT2D eigenvalue weighted by Crippen LogP contribution is 2.33. The molecule has 0 aliphatic carbocycles. The third-order valence-electron chi connectivity index (χ3n) is 5.41. The van der Waals surface area contributed by atoms with Crippen LogP contribution in [0.1, 0.15) is 30.4 Å². The normalized spacial score (nSPS) is 14.1. The molecule has 1 aliphatic heterocycles. The Morgan fingerprint density at radius 2 is 1.83 bits per heavy atom. The summed E-state index contributed by atoms with van der Waals surface area (Å²) in [5.41, 5.74) is 3.80. The van der Waals surface area contributed by atoms with Crippen molar-refractivity contribution in [3.63, 3.8) is 0 Å². The topological polar surface area (TPSA) is 71.2 Å². The zero-order chi connectivity index (χ0) is 21.1. The Kier molecular flexibility index (Phi) is 6.08. The number of thioether (sulfide) groups is 1. The molecular formula is C23H26N4O2S. The number of amides is 1. The van der Waals surface area contributed by atoms with Gasteiger partial charge in [0.15, 0.2) is 11.0 Å². The van der Waals surface area contributed by atoms with E-state index in [4.69, 9.17) is 0 Å². The minimum absolute atomic E-state index is 0.138. The van der Waals surface area contributed by atoms with Crippen LogP contribution in [-0.2, 0) is 4.79 Å². The van der Waals surface area contributed by atoms with Gasteiger partial charge in [-0.05, 0) is 56.9 Å². The predicted molar refractivity (Wildman–Crippen MR) is 119 cm³/mol. The summed E-state index contributed by atoms with van der Waals surface area (Å²) in [5.74, 6) is 1.17. The number of carbonyl (C=O) groups excluding carboxylic acids is 1. The molecule has 2 aromatic carbocycles. The number of phenolic OH excluding ortho intramolecular Hbond substituents is 1. The highest BCUT2D eigenvalue weighted by atomic mass is 32.2. The van der Waals surface area contributed by atoms with Crippen LogP contribution in [0.4, 0.5) is 0 Å². The monoisotopic (exact) mass is 422 g/mol. The summed E-state index contributed by atoms with van der Waals surface area (Å²) in [7, 11) is 0. The number of piperidine rings is 1. The fraction of sp³-hybridized carbons (Fsp3) is 0.348. The van der Waals surface area contributed by atoms with Crippen molar-refractivity contribution in [1.29, 1.82) is 0 Å². The van der Waals surface area contributed by atoms with Gasteiger partial charge in [0.1, 0.15) is 5.75 Å². The van der Waals surface area contributed by atoms with Crippen LogP contribution in [0.15, 0.2) is 47.6 Å². The van der Waals surface area contributed by atoms with E-state index in [0.717, 1.165) is 37.2 Å². The molecule has 0 spiro atoms. The number of aryl methyl sites for hydroxylation is 2. The quantitative estimate of drug-likeness (QED) is 0.619. The molecule has 4 rings (SSSR count). The van der Waals surface area contributed by atoms with Crippen molar-refractivity contribution in [3.05, 3.63) is 53.6 Å². The van der Waals surface area contributed by atoms with Gasteiger partial charge in [-0.1, -0.05) is 41.6 Å². The van der Waals surface area contributed by atoms with Crippen molar-refractivity contribution in [2.24, 2.45) is 0 Å². The summed E-state index contributed by atoms with van der Waals surface area (Å²) in [6, 6.07) is 13.3. The second-order valence-electron chi connectivity index (χ2n) is 7.68. The maximum atomic E-state index is 12.7. The molecule has 1 amide bonds. The van der Waals surface area contributed by atoms with E-state index in [0.29, 0.717) is 22.3 Å². The molecule has 6 nitrogen and oxygen atoms in total. The molecule has 0 bridgehead atoms. The highest BCUT2D eigenvalue weighted by Gasteiger charge is 2.22. The number of likely N-dealkylation sites (tertiary alicyclic amines) is 1. The molecule has 2 heterocycles.